The van der Waals surface area contributed by atoms with E-state index in [9.17, 15) is 14.4 Å². The summed E-state index contributed by atoms with van der Waals surface area (Å²) >= 11 is 0. The van der Waals surface area contributed by atoms with Crippen molar-refractivity contribution in [3.05, 3.63) is 80.5 Å². The molecule has 9 heteroatoms. The van der Waals surface area contributed by atoms with E-state index < -0.39 is 17.2 Å². The Bertz CT molecular complexity index is 1310. The van der Waals surface area contributed by atoms with E-state index in [0.717, 1.165) is 22.4 Å². The van der Waals surface area contributed by atoms with Crippen molar-refractivity contribution < 1.29 is 14.3 Å². The molecule has 1 aromatic heterocycles. The second-order valence-corrected chi connectivity index (χ2v) is 8.59. The van der Waals surface area contributed by atoms with Crippen molar-refractivity contribution in [2.45, 2.75) is 32.4 Å². The zero-order valence-corrected chi connectivity index (χ0v) is 18.8. The molecule has 1 amide bonds. The number of likely N-dealkylation sites (N-methyl/N-ethyl adjacent to an activating group) is 1. The molecule has 0 saturated heterocycles. The molecule has 33 heavy (non-hydrogen) atoms. The molecule has 1 aliphatic rings. The van der Waals surface area contributed by atoms with Gasteiger partial charge in [0.15, 0.2) is 23.8 Å². The maximum atomic E-state index is 12.9. The lowest BCUT2D eigenvalue weighted by molar-refractivity contribution is -0.120. The summed E-state index contributed by atoms with van der Waals surface area (Å²) in [5.74, 6) is 0.462. The van der Waals surface area contributed by atoms with E-state index in [1.807, 2.05) is 56.3 Å². The fourth-order valence-corrected chi connectivity index (χ4v) is 3.89. The SMILES string of the molecule is CN(C(=O)COc1cccc2c1OC(C)(C)C2)c1c(N)n(Cc2ccccc2)c(=O)[nH]c1=O. The van der Waals surface area contributed by atoms with Gasteiger partial charge in [-0.25, -0.2) is 4.79 Å². The fourth-order valence-electron chi connectivity index (χ4n) is 3.89. The summed E-state index contributed by atoms with van der Waals surface area (Å²) in [6.45, 7) is 3.77. The number of hydrogen-bond donors (Lipinski definition) is 2. The van der Waals surface area contributed by atoms with E-state index >= 15 is 0 Å². The van der Waals surface area contributed by atoms with Crippen LogP contribution in [0.1, 0.15) is 25.0 Å². The molecule has 9 nitrogen and oxygen atoms in total. The Hall–Kier alpha value is -4.01. The number of aromatic nitrogens is 2. The quantitative estimate of drug-likeness (QED) is 0.592. The molecule has 0 radical (unpaired) electrons. The number of H-pyrrole nitrogens is 1. The minimum atomic E-state index is -0.747. The van der Waals surface area contributed by atoms with Gasteiger partial charge >= 0.3 is 5.69 Å². The lowest BCUT2D eigenvalue weighted by Crippen LogP contribution is -2.41. The van der Waals surface area contributed by atoms with Gasteiger partial charge in [0, 0.05) is 19.0 Å². The standard InChI is InChI=1S/C24H26N4O5/c1-24(2)12-16-10-7-11-17(20(16)33-24)32-14-18(29)27(3)19-21(25)28(23(31)26-22(19)30)13-15-8-5-4-6-9-15/h4-11H,12-14,25H2,1-3H3,(H,26,30,31). The maximum Gasteiger partial charge on any atom is 0.330 e. The monoisotopic (exact) mass is 450 g/mol. The Morgan fingerprint density at radius 1 is 1.18 bits per heavy atom. The summed E-state index contributed by atoms with van der Waals surface area (Å²) in [6.07, 6.45) is 0.738. The van der Waals surface area contributed by atoms with Crippen LogP contribution in [0.5, 0.6) is 11.5 Å². The van der Waals surface area contributed by atoms with Crippen LogP contribution >= 0.6 is 0 Å². The van der Waals surface area contributed by atoms with Gasteiger partial charge in [-0.15, -0.1) is 0 Å². The number of benzene rings is 2. The minimum absolute atomic E-state index is 0.103. The molecule has 0 atom stereocenters. The summed E-state index contributed by atoms with van der Waals surface area (Å²) in [7, 11) is 1.42. The summed E-state index contributed by atoms with van der Waals surface area (Å²) in [4.78, 5) is 41.1. The van der Waals surface area contributed by atoms with Gasteiger partial charge in [0.05, 0.1) is 6.54 Å². The van der Waals surface area contributed by atoms with E-state index in [1.165, 1.54) is 11.6 Å². The Labute approximate surface area is 190 Å². The number of nitrogens with one attached hydrogen (secondary N) is 1. The predicted molar refractivity (Wildman–Crippen MR) is 125 cm³/mol. The summed E-state index contributed by atoms with van der Waals surface area (Å²) in [5, 5.41) is 0. The first-order valence-corrected chi connectivity index (χ1v) is 10.5. The van der Waals surface area contributed by atoms with Crippen LogP contribution in [-0.4, -0.2) is 34.7 Å². The molecule has 0 aliphatic carbocycles. The molecule has 2 heterocycles. The van der Waals surface area contributed by atoms with Crippen LogP contribution in [0.2, 0.25) is 0 Å². The van der Waals surface area contributed by atoms with Crippen LogP contribution < -0.4 is 31.4 Å². The van der Waals surface area contributed by atoms with E-state index in [2.05, 4.69) is 4.98 Å². The number of aromatic amines is 1. The van der Waals surface area contributed by atoms with Crippen molar-refractivity contribution >= 4 is 17.4 Å². The molecule has 1 aliphatic heterocycles. The van der Waals surface area contributed by atoms with Crippen LogP contribution in [0, 0.1) is 0 Å². The number of ether oxygens (including phenoxy) is 2. The molecule has 2 aromatic carbocycles. The van der Waals surface area contributed by atoms with Gasteiger partial charge in [-0.3, -0.25) is 19.1 Å². The number of carbonyl (C=O) groups is 1. The smallest absolute Gasteiger partial charge is 0.330 e. The number of nitrogen functional groups attached to an aromatic ring is 1. The fraction of sp³-hybridized carbons (Fsp3) is 0.292. The van der Waals surface area contributed by atoms with Gasteiger partial charge in [0.2, 0.25) is 0 Å². The van der Waals surface area contributed by atoms with E-state index in [4.69, 9.17) is 15.2 Å². The second kappa shape index (κ2) is 8.50. The van der Waals surface area contributed by atoms with Crippen molar-refractivity contribution in [2.75, 3.05) is 24.3 Å². The number of para-hydroxylation sites is 1. The zero-order valence-electron chi connectivity index (χ0n) is 18.8. The number of fused-ring (bicyclic) bond motifs is 1. The molecule has 0 saturated carbocycles. The third-order valence-electron chi connectivity index (χ3n) is 5.51. The lowest BCUT2D eigenvalue weighted by atomic mass is 10.0. The van der Waals surface area contributed by atoms with Crippen LogP contribution in [-0.2, 0) is 17.8 Å². The molecule has 0 bridgehead atoms. The zero-order chi connectivity index (χ0) is 23.8. The minimum Gasteiger partial charge on any atom is -0.483 e. The normalized spacial score (nSPS) is 13.8. The van der Waals surface area contributed by atoms with Gasteiger partial charge in [0.25, 0.3) is 11.5 Å². The van der Waals surface area contributed by atoms with Crippen molar-refractivity contribution in [1.29, 1.82) is 0 Å². The number of anilines is 2. The molecule has 3 aromatic rings. The number of nitrogens with two attached hydrogens (primary N) is 1. The Kier molecular flexibility index (Phi) is 5.71. The first-order chi connectivity index (χ1) is 15.7. The molecule has 0 fully saturated rings. The molecule has 0 spiro atoms. The van der Waals surface area contributed by atoms with Crippen molar-refractivity contribution in [3.63, 3.8) is 0 Å². The molecule has 172 valence electrons. The van der Waals surface area contributed by atoms with Crippen molar-refractivity contribution in [3.8, 4) is 11.5 Å². The Morgan fingerprint density at radius 3 is 2.64 bits per heavy atom. The molecule has 3 N–H and O–H groups in total. The number of hydrogen-bond acceptors (Lipinski definition) is 6. The first-order valence-electron chi connectivity index (χ1n) is 10.5. The van der Waals surface area contributed by atoms with E-state index in [1.54, 1.807) is 6.07 Å². The largest absolute Gasteiger partial charge is 0.483 e. The van der Waals surface area contributed by atoms with Gasteiger partial charge < -0.3 is 20.1 Å². The molecular weight excluding hydrogens is 424 g/mol. The van der Waals surface area contributed by atoms with Gasteiger partial charge in [-0.05, 0) is 25.5 Å². The highest BCUT2D eigenvalue weighted by Gasteiger charge is 2.32. The van der Waals surface area contributed by atoms with Crippen LogP contribution in [0.15, 0.2) is 58.1 Å². The highest BCUT2D eigenvalue weighted by Crippen LogP contribution is 2.41. The van der Waals surface area contributed by atoms with Gasteiger partial charge in [-0.2, -0.15) is 0 Å². The Morgan fingerprint density at radius 2 is 1.91 bits per heavy atom. The number of nitrogens with zero attached hydrogens (tertiary/aromatic N) is 2. The average molecular weight is 450 g/mol. The van der Waals surface area contributed by atoms with Crippen LogP contribution in [0.25, 0.3) is 0 Å². The lowest BCUT2D eigenvalue weighted by Gasteiger charge is -2.21. The van der Waals surface area contributed by atoms with Crippen molar-refractivity contribution in [1.82, 2.24) is 9.55 Å². The van der Waals surface area contributed by atoms with E-state index in [-0.39, 0.29) is 30.3 Å². The number of rotatable bonds is 6. The number of carbonyl (C=O) groups excluding carboxylic acids is 1. The second-order valence-electron chi connectivity index (χ2n) is 8.59. The highest BCUT2D eigenvalue weighted by atomic mass is 16.5. The molecular formula is C24H26N4O5. The Balaban J connectivity index is 1.55. The molecule has 4 rings (SSSR count). The van der Waals surface area contributed by atoms with Crippen molar-refractivity contribution in [2.24, 2.45) is 0 Å². The van der Waals surface area contributed by atoms with Gasteiger partial charge in [-0.1, -0.05) is 42.5 Å². The van der Waals surface area contributed by atoms with Crippen LogP contribution in [0.4, 0.5) is 11.5 Å². The summed E-state index contributed by atoms with van der Waals surface area (Å²) in [5.41, 5.74) is 6.13. The summed E-state index contributed by atoms with van der Waals surface area (Å²) < 4.78 is 12.9. The highest BCUT2D eigenvalue weighted by molar-refractivity contribution is 5.96. The third-order valence-corrected chi connectivity index (χ3v) is 5.51. The molecule has 0 unspecified atom stereocenters. The number of amides is 1. The van der Waals surface area contributed by atoms with E-state index in [0.29, 0.717) is 11.5 Å². The predicted octanol–water partition coefficient (Wildman–Crippen LogP) is 1.92. The first kappa shape index (κ1) is 22.2. The summed E-state index contributed by atoms with van der Waals surface area (Å²) in [6, 6.07) is 14.7. The third kappa shape index (κ3) is 4.48. The van der Waals surface area contributed by atoms with Gasteiger partial charge in [0.1, 0.15) is 11.4 Å². The topological polar surface area (TPSA) is 120 Å². The average Bonchev–Trinajstić information content (AvgIpc) is 3.09. The maximum absolute atomic E-state index is 12.9. The van der Waals surface area contributed by atoms with Crippen LogP contribution in [0.3, 0.4) is 0 Å².